The molecule has 3 heteroatoms. The molecule has 0 atom stereocenters. The van der Waals surface area contributed by atoms with Crippen molar-refractivity contribution in [1.29, 1.82) is 0 Å². The smallest absolute Gasteiger partial charge is 0.119 e. The maximum atomic E-state index is 6.07. The minimum Gasteiger partial charge on any atom is -0.490 e. The van der Waals surface area contributed by atoms with E-state index in [1.54, 1.807) is 0 Å². The van der Waals surface area contributed by atoms with Crippen LogP contribution in [0.3, 0.4) is 0 Å². The van der Waals surface area contributed by atoms with Crippen LogP contribution in [-0.4, -0.2) is 49.6 Å². The predicted molar refractivity (Wildman–Crippen MR) is 86.6 cm³/mol. The van der Waals surface area contributed by atoms with Crippen molar-refractivity contribution in [2.24, 2.45) is 5.92 Å². The zero-order chi connectivity index (χ0) is 14.7. The van der Waals surface area contributed by atoms with Crippen molar-refractivity contribution in [2.45, 2.75) is 38.3 Å². The molecule has 0 N–H and O–H groups in total. The van der Waals surface area contributed by atoms with Gasteiger partial charge in [-0.05, 0) is 76.5 Å². The van der Waals surface area contributed by atoms with Gasteiger partial charge in [-0.3, -0.25) is 0 Å². The predicted octanol–water partition coefficient (Wildman–Crippen LogP) is 3.00. The fourth-order valence-corrected chi connectivity index (χ4v) is 3.48. The van der Waals surface area contributed by atoms with Crippen LogP contribution in [0.15, 0.2) is 24.3 Å². The van der Waals surface area contributed by atoms with Gasteiger partial charge >= 0.3 is 0 Å². The summed E-state index contributed by atoms with van der Waals surface area (Å²) in [5.41, 5.74) is 1.34. The number of ether oxygens (including phenoxy) is 1. The van der Waals surface area contributed by atoms with Crippen molar-refractivity contribution in [3.05, 3.63) is 29.8 Å². The van der Waals surface area contributed by atoms with E-state index in [1.807, 2.05) is 0 Å². The molecule has 1 saturated carbocycles. The van der Waals surface area contributed by atoms with Gasteiger partial charge in [0.15, 0.2) is 0 Å². The van der Waals surface area contributed by atoms with E-state index in [-0.39, 0.29) is 0 Å². The van der Waals surface area contributed by atoms with Gasteiger partial charge in [0.1, 0.15) is 5.75 Å². The molecule has 0 spiro atoms. The zero-order valence-electron chi connectivity index (χ0n) is 13.4. The Labute approximate surface area is 128 Å². The molecule has 1 saturated heterocycles. The third-order valence-corrected chi connectivity index (χ3v) is 4.63. The van der Waals surface area contributed by atoms with Crippen LogP contribution in [0.4, 0.5) is 0 Å². The standard InChI is InChI=1S/C18H28N2O/c1-19(2)13-15-5-7-17(8-6-15)21-18-11-16(12-18)14-20-9-3-4-10-20/h5-8,16,18H,3-4,9-14H2,1-2H3. The summed E-state index contributed by atoms with van der Waals surface area (Å²) in [4.78, 5) is 4.81. The lowest BCUT2D eigenvalue weighted by molar-refractivity contribution is 0.0473. The Morgan fingerprint density at radius 2 is 1.76 bits per heavy atom. The normalized spacial score (nSPS) is 26.0. The van der Waals surface area contributed by atoms with Gasteiger partial charge in [0.2, 0.25) is 0 Å². The molecular formula is C18H28N2O. The van der Waals surface area contributed by atoms with Gasteiger partial charge in [0, 0.05) is 13.1 Å². The molecule has 1 aromatic carbocycles. The van der Waals surface area contributed by atoms with E-state index in [2.05, 4.69) is 48.2 Å². The molecular weight excluding hydrogens is 260 g/mol. The molecule has 1 aliphatic carbocycles. The Balaban J connectivity index is 1.39. The van der Waals surface area contributed by atoms with Crippen molar-refractivity contribution in [1.82, 2.24) is 9.80 Å². The van der Waals surface area contributed by atoms with Gasteiger partial charge in [-0.15, -0.1) is 0 Å². The third kappa shape index (κ3) is 4.21. The lowest BCUT2D eigenvalue weighted by Crippen LogP contribution is -2.40. The third-order valence-electron chi connectivity index (χ3n) is 4.63. The van der Waals surface area contributed by atoms with E-state index < -0.39 is 0 Å². The summed E-state index contributed by atoms with van der Waals surface area (Å²) in [5.74, 6) is 1.89. The Bertz CT molecular complexity index is 431. The van der Waals surface area contributed by atoms with Crippen LogP contribution in [0.5, 0.6) is 5.75 Å². The quantitative estimate of drug-likeness (QED) is 0.800. The molecule has 3 rings (SSSR count). The molecule has 2 aliphatic rings. The number of benzene rings is 1. The highest BCUT2D eigenvalue weighted by atomic mass is 16.5. The summed E-state index contributed by atoms with van der Waals surface area (Å²) in [5, 5.41) is 0. The van der Waals surface area contributed by atoms with E-state index in [1.165, 1.54) is 50.9 Å². The molecule has 1 aliphatic heterocycles. The maximum absolute atomic E-state index is 6.07. The second-order valence-electron chi connectivity index (χ2n) is 6.97. The highest BCUT2D eigenvalue weighted by Crippen LogP contribution is 2.32. The molecule has 0 aromatic heterocycles. The van der Waals surface area contributed by atoms with Crippen LogP contribution in [0.2, 0.25) is 0 Å². The van der Waals surface area contributed by atoms with Gasteiger partial charge in [-0.2, -0.15) is 0 Å². The molecule has 0 amide bonds. The van der Waals surface area contributed by atoms with Crippen LogP contribution in [0, 0.1) is 5.92 Å². The lowest BCUT2D eigenvalue weighted by Gasteiger charge is -2.37. The average molecular weight is 288 g/mol. The topological polar surface area (TPSA) is 15.7 Å². The Morgan fingerprint density at radius 3 is 2.38 bits per heavy atom. The highest BCUT2D eigenvalue weighted by Gasteiger charge is 2.32. The largest absolute Gasteiger partial charge is 0.490 e. The first kappa shape index (κ1) is 14.9. The minimum atomic E-state index is 0.442. The summed E-state index contributed by atoms with van der Waals surface area (Å²) < 4.78 is 6.07. The molecule has 21 heavy (non-hydrogen) atoms. The van der Waals surface area contributed by atoms with E-state index in [4.69, 9.17) is 4.74 Å². The first-order valence-corrected chi connectivity index (χ1v) is 8.32. The van der Waals surface area contributed by atoms with Crippen LogP contribution in [0.25, 0.3) is 0 Å². The van der Waals surface area contributed by atoms with Gasteiger partial charge in [-0.25, -0.2) is 0 Å². The van der Waals surface area contributed by atoms with E-state index in [9.17, 15) is 0 Å². The number of likely N-dealkylation sites (tertiary alicyclic amines) is 1. The number of hydrogen-bond donors (Lipinski definition) is 0. The molecule has 3 nitrogen and oxygen atoms in total. The average Bonchev–Trinajstić information content (AvgIpc) is 2.90. The summed E-state index contributed by atoms with van der Waals surface area (Å²) in [6, 6.07) is 8.59. The van der Waals surface area contributed by atoms with Crippen molar-refractivity contribution in [3.8, 4) is 5.75 Å². The second kappa shape index (κ2) is 6.80. The fourth-order valence-electron chi connectivity index (χ4n) is 3.48. The fraction of sp³-hybridized carbons (Fsp3) is 0.667. The Morgan fingerprint density at radius 1 is 1.10 bits per heavy atom. The second-order valence-corrected chi connectivity index (χ2v) is 6.97. The monoisotopic (exact) mass is 288 g/mol. The zero-order valence-corrected chi connectivity index (χ0v) is 13.4. The summed E-state index contributed by atoms with van der Waals surface area (Å²) >= 11 is 0. The molecule has 0 unspecified atom stereocenters. The van der Waals surface area contributed by atoms with Crippen molar-refractivity contribution in [3.63, 3.8) is 0 Å². The van der Waals surface area contributed by atoms with Crippen molar-refractivity contribution < 1.29 is 4.74 Å². The molecule has 0 radical (unpaired) electrons. The van der Waals surface area contributed by atoms with Gasteiger partial charge in [-0.1, -0.05) is 12.1 Å². The lowest BCUT2D eigenvalue weighted by atomic mass is 9.82. The Hall–Kier alpha value is -1.06. The number of hydrogen-bond acceptors (Lipinski definition) is 3. The van der Waals surface area contributed by atoms with E-state index in [0.717, 1.165) is 18.2 Å². The molecule has 116 valence electrons. The first-order valence-electron chi connectivity index (χ1n) is 8.32. The molecule has 1 heterocycles. The molecule has 0 bridgehead atoms. The number of nitrogens with zero attached hydrogens (tertiary/aromatic N) is 2. The number of rotatable bonds is 6. The Kier molecular flexibility index (Phi) is 4.81. The van der Waals surface area contributed by atoms with Gasteiger partial charge in [0.25, 0.3) is 0 Å². The van der Waals surface area contributed by atoms with Crippen LogP contribution in [0.1, 0.15) is 31.2 Å². The summed E-state index contributed by atoms with van der Waals surface area (Å²) in [6.07, 6.45) is 5.70. The maximum Gasteiger partial charge on any atom is 0.119 e. The first-order chi connectivity index (χ1) is 10.2. The summed E-state index contributed by atoms with van der Waals surface area (Å²) in [7, 11) is 4.19. The van der Waals surface area contributed by atoms with Crippen molar-refractivity contribution in [2.75, 3.05) is 33.7 Å². The van der Waals surface area contributed by atoms with Crippen LogP contribution in [-0.2, 0) is 6.54 Å². The highest BCUT2D eigenvalue weighted by molar-refractivity contribution is 5.27. The molecule has 2 fully saturated rings. The molecule has 1 aromatic rings. The SMILES string of the molecule is CN(C)Cc1ccc(OC2CC(CN3CCCC3)C2)cc1. The van der Waals surface area contributed by atoms with Gasteiger partial charge < -0.3 is 14.5 Å². The van der Waals surface area contributed by atoms with Crippen LogP contribution < -0.4 is 4.74 Å². The minimum absolute atomic E-state index is 0.442. The van der Waals surface area contributed by atoms with E-state index in [0.29, 0.717) is 6.10 Å². The van der Waals surface area contributed by atoms with Crippen molar-refractivity contribution >= 4 is 0 Å². The van der Waals surface area contributed by atoms with E-state index >= 15 is 0 Å². The summed E-state index contributed by atoms with van der Waals surface area (Å²) in [6.45, 7) is 4.91. The van der Waals surface area contributed by atoms with Gasteiger partial charge in [0.05, 0.1) is 6.10 Å². The van der Waals surface area contributed by atoms with Crippen LogP contribution >= 0.6 is 0 Å².